The number of morpholine rings is 1. The van der Waals surface area contributed by atoms with Gasteiger partial charge in [0.15, 0.2) is 10.9 Å². The minimum Gasteiger partial charge on any atom is -0.497 e. The Labute approximate surface area is 218 Å². The third kappa shape index (κ3) is 7.05. The fourth-order valence-electron chi connectivity index (χ4n) is 3.85. The van der Waals surface area contributed by atoms with Crippen LogP contribution in [0.4, 0.5) is 17.2 Å². The first-order valence-corrected chi connectivity index (χ1v) is 14.0. The molecule has 1 saturated heterocycles. The van der Waals surface area contributed by atoms with Crippen molar-refractivity contribution in [2.75, 3.05) is 48.7 Å². The van der Waals surface area contributed by atoms with Crippen LogP contribution in [-0.4, -0.2) is 63.4 Å². The van der Waals surface area contributed by atoms with Crippen molar-refractivity contribution in [3.8, 4) is 17.1 Å². The molecule has 0 amide bonds. The molecular formula is C25H31N5O4S2. The maximum Gasteiger partial charge on any atom is 0.175 e. The van der Waals surface area contributed by atoms with Crippen LogP contribution in [0.25, 0.3) is 11.4 Å². The van der Waals surface area contributed by atoms with E-state index < -0.39 is 10.6 Å². The van der Waals surface area contributed by atoms with E-state index >= 15 is 0 Å². The van der Waals surface area contributed by atoms with Crippen LogP contribution in [-0.2, 0) is 10.5 Å². The summed E-state index contributed by atoms with van der Waals surface area (Å²) in [6.07, 6.45) is 1.43. The summed E-state index contributed by atoms with van der Waals surface area (Å²) in [4.78, 5) is 11.6. The molecule has 1 aliphatic rings. The summed E-state index contributed by atoms with van der Waals surface area (Å²) >= 11 is 5.43. The minimum absolute atomic E-state index is 0.0686. The number of anilines is 3. The zero-order valence-electron chi connectivity index (χ0n) is 20.5. The predicted octanol–water partition coefficient (Wildman–Crippen LogP) is 5.07. The molecule has 2 heterocycles. The van der Waals surface area contributed by atoms with Crippen molar-refractivity contribution < 1.29 is 18.6 Å². The van der Waals surface area contributed by atoms with Crippen molar-refractivity contribution in [3.05, 3.63) is 60.3 Å². The van der Waals surface area contributed by atoms with Gasteiger partial charge in [-0.25, -0.2) is 9.97 Å². The van der Waals surface area contributed by atoms with E-state index in [1.54, 1.807) is 7.11 Å². The molecule has 0 saturated carbocycles. The van der Waals surface area contributed by atoms with E-state index in [-0.39, 0.29) is 11.8 Å². The van der Waals surface area contributed by atoms with E-state index in [1.807, 2.05) is 54.6 Å². The molecule has 192 valence electrons. The van der Waals surface area contributed by atoms with Crippen LogP contribution in [0, 0.1) is 0 Å². The summed E-state index contributed by atoms with van der Waals surface area (Å²) in [6.45, 7) is 4.02. The highest BCUT2D eigenvalue weighted by molar-refractivity contribution is 8.23. The highest BCUT2D eigenvalue weighted by Crippen LogP contribution is 2.38. The molecule has 1 fully saturated rings. The topological polar surface area (TPSA) is 112 Å². The summed E-state index contributed by atoms with van der Waals surface area (Å²) in [7, 11) is -1.13. The molecule has 0 radical (unpaired) electrons. The Morgan fingerprint density at radius 2 is 1.75 bits per heavy atom. The number of thiocarbonyl (C=S) groups is 1. The Hall–Kier alpha value is -2.96. The zero-order chi connectivity index (χ0) is 25.7. The van der Waals surface area contributed by atoms with E-state index in [2.05, 4.69) is 27.4 Å². The summed E-state index contributed by atoms with van der Waals surface area (Å²) < 4.78 is 30.8. The number of ether oxygens (including phenoxy) is 2. The van der Waals surface area contributed by atoms with Gasteiger partial charge in [0.05, 0.1) is 37.8 Å². The molecule has 2 aromatic carbocycles. The fourth-order valence-corrected chi connectivity index (χ4v) is 4.80. The number of hydrogen-bond acceptors (Lipinski definition) is 8. The van der Waals surface area contributed by atoms with Crippen molar-refractivity contribution >= 4 is 45.1 Å². The number of hydrogen-bond donors (Lipinski definition) is 4. The molecule has 0 unspecified atom stereocenters. The van der Waals surface area contributed by atoms with Crippen molar-refractivity contribution in [2.24, 2.45) is 0 Å². The van der Waals surface area contributed by atoms with Crippen molar-refractivity contribution in [1.82, 2.24) is 9.97 Å². The van der Waals surface area contributed by atoms with Crippen LogP contribution < -0.4 is 20.3 Å². The van der Waals surface area contributed by atoms with Gasteiger partial charge in [-0.15, -0.1) is 0 Å². The van der Waals surface area contributed by atoms with Gasteiger partial charge in [0.2, 0.25) is 0 Å². The first kappa shape index (κ1) is 26.1. The largest absolute Gasteiger partial charge is 0.497 e. The summed E-state index contributed by atoms with van der Waals surface area (Å²) in [5.74, 6) is 2.12. The van der Waals surface area contributed by atoms with Gasteiger partial charge in [-0.1, -0.05) is 0 Å². The standard InChI is InChI=1S/C25H31N5O4S2/c1-17-15-34-13-12-30(17)23-14-21(16-36(3,31)32)26-24(29-23)18-4-6-19(7-5-18)27-25(35)28-20-8-10-22(33-2)11-9-20/h4-11,14,17,31-32H,12-13,15-16H2,1-3H3,(H2,27,28,35)/t17-/m0/s1. The smallest absolute Gasteiger partial charge is 0.175 e. The molecule has 11 heteroatoms. The van der Waals surface area contributed by atoms with E-state index in [1.165, 1.54) is 6.26 Å². The lowest BCUT2D eigenvalue weighted by atomic mass is 10.2. The van der Waals surface area contributed by atoms with E-state index in [0.717, 1.165) is 28.5 Å². The second-order valence-electron chi connectivity index (χ2n) is 8.68. The number of benzene rings is 2. The Balaban J connectivity index is 1.52. The number of methoxy groups -OCH3 is 1. The van der Waals surface area contributed by atoms with Gasteiger partial charge < -0.3 is 25.0 Å². The first-order valence-electron chi connectivity index (χ1n) is 11.5. The normalized spacial score (nSPS) is 16.4. The molecule has 3 aromatic rings. The number of nitrogens with one attached hydrogen (secondary N) is 2. The Kier molecular flexibility index (Phi) is 8.27. The molecule has 36 heavy (non-hydrogen) atoms. The average Bonchev–Trinajstić information content (AvgIpc) is 2.84. The first-order chi connectivity index (χ1) is 17.2. The third-order valence-electron chi connectivity index (χ3n) is 5.60. The van der Waals surface area contributed by atoms with Gasteiger partial charge in [0, 0.05) is 35.8 Å². The number of aromatic nitrogens is 2. The maximum atomic E-state index is 10.1. The lowest BCUT2D eigenvalue weighted by molar-refractivity contribution is 0.0985. The average molecular weight is 530 g/mol. The lowest BCUT2D eigenvalue weighted by Crippen LogP contribution is -2.44. The minimum atomic E-state index is -2.76. The second kappa shape index (κ2) is 11.4. The van der Waals surface area contributed by atoms with Gasteiger partial charge in [0.25, 0.3) is 0 Å². The van der Waals surface area contributed by atoms with Gasteiger partial charge in [-0.05, 0) is 67.7 Å². The Morgan fingerprint density at radius 1 is 1.11 bits per heavy atom. The molecule has 1 aromatic heterocycles. The van der Waals surface area contributed by atoms with Crippen LogP contribution in [0.15, 0.2) is 54.6 Å². The molecule has 0 bridgehead atoms. The number of nitrogens with zero attached hydrogens (tertiary/aromatic N) is 3. The lowest BCUT2D eigenvalue weighted by Gasteiger charge is -2.35. The van der Waals surface area contributed by atoms with Crippen LogP contribution >= 0.6 is 22.8 Å². The molecular weight excluding hydrogens is 498 g/mol. The molecule has 1 aliphatic heterocycles. The van der Waals surface area contributed by atoms with Crippen molar-refractivity contribution in [1.29, 1.82) is 0 Å². The monoisotopic (exact) mass is 529 g/mol. The van der Waals surface area contributed by atoms with Gasteiger partial charge >= 0.3 is 0 Å². The van der Waals surface area contributed by atoms with Crippen LogP contribution in [0.3, 0.4) is 0 Å². The highest BCUT2D eigenvalue weighted by Gasteiger charge is 2.22. The number of rotatable bonds is 7. The molecule has 0 spiro atoms. The van der Waals surface area contributed by atoms with Crippen LogP contribution in [0.1, 0.15) is 12.6 Å². The molecule has 9 nitrogen and oxygen atoms in total. The Morgan fingerprint density at radius 3 is 2.33 bits per heavy atom. The van der Waals surface area contributed by atoms with Crippen molar-refractivity contribution in [3.63, 3.8) is 0 Å². The van der Waals surface area contributed by atoms with Crippen LogP contribution in [0.2, 0.25) is 0 Å². The quantitative estimate of drug-likeness (QED) is 0.310. The van der Waals surface area contributed by atoms with E-state index in [4.69, 9.17) is 26.7 Å². The van der Waals surface area contributed by atoms with Gasteiger partial charge in [0.1, 0.15) is 11.6 Å². The highest BCUT2D eigenvalue weighted by atomic mass is 32.3. The maximum absolute atomic E-state index is 10.1. The second-order valence-corrected chi connectivity index (χ2v) is 11.4. The SMILES string of the molecule is COc1ccc(NC(=S)Nc2ccc(-c3nc(CS(C)(O)O)cc(N4CCOC[C@@H]4C)n3)cc2)cc1. The molecule has 4 rings (SSSR count). The van der Waals surface area contributed by atoms with E-state index in [0.29, 0.717) is 36.4 Å². The Bertz CT molecular complexity index is 1190. The van der Waals surface area contributed by atoms with Gasteiger partial charge in [-0.3, -0.25) is 9.11 Å². The summed E-state index contributed by atoms with van der Waals surface area (Å²) in [5, 5.41) is 6.78. The molecule has 0 aliphatic carbocycles. The molecule has 1 atom stereocenters. The van der Waals surface area contributed by atoms with E-state index in [9.17, 15) is 9.11 Å². The fraction of sp³-hybridized carbons (Fsp3) is 0.320. The summed E-state index contributed by atoms with van der Waals surface area (Å²) in [6, 6.07) is 17.1. The summed E-state index contributed by atoms with van der Waals surface area (Å²) in [5.41, 5.74) is 3.06. The van der Waals surface area contributed by atoms with Crippen LogP contribution in [0.5, 0.6) is 5.75 Å². The third-order valence-corrected chi connectivity index (χ3v) is 6.64. The van der Waals surface area contributed by atoms with Crippen molar-refractivity contribution in [2.45, 2.75) is 18.7 Å². The molecule has 4 N–H and O–H groups in total. The van der Waals surface area contributed by atoms with Gasteiger partial charge in [-0.2, -0.15) is 10.6 Å². The predicted molar refractivity (Wildman–Crippen MR) is 150 cm³/mol. The zero-order valence-corrected chi connectivity index (χ0v) is 22.1.